The van der Waals surface area contributed by atoms with Crippen molar-refractivity contribution in [1.29, 1.82) is 0 Å². The van der Waals surface area contributed by atoms with Crippen molar-refractivity contribution in [1.82, 2.24) is 10.2 Å². The fourth-order valence-electron chi connectivity index (χ4n) is 2.89. The van der Waals surface area contributed by atoms with Gasteiger partial charge in [0, 0.05) is 52.5 Å². The molecule has 0 spiro atoms. The lowest BCUT2D eigenvalue weighted by Gasteiger charge is -2.34. The van der Waals surface area contributed by atoms with Gasteiger partial charge in [0.15, 0.2) is 0 Å². The van der Waals surface area contributed by atoms with Crippen LogP contribution >= 0.6 is 35.6 Å². The van der Waals surface area contributed by atoms with Gasteiger partial charge < -0.3 is 15.5 Å². The maximum atomic E-state index is 12.6. The Hall–Kier alpha value is -1.79. The zero-order chi connectivity index (χ0) is 18.7. The molecule has 1 atom stereocenters. The predicted molar refractivity (Wildman–Crippen MR) is 111 cm³/mol. The Morgan fingerprint density at radius 1 is 1.07 bits per heavy atom. The first-order valence-electron chi connectivity index (χ1n) is 8.33. The summed E-state index contributed by atoms with van der Waals surface area (Å²) in [5, 5.41) is 6.83. The summed E-state index contributed by atoms with van der Waals surface area (Å²) in [7, 11) is 0. The lowest BCUT2D eigenvalue weighted by molar-refractivity contribution is 0.0655. The highest BCUT2D eigenvalue weighted by atomic mass is 35.5. The maximum Gasteiger partial charge on any atom is 0.255 e. The minimum Gasteiger partial charge on any atom is -0.333 e. The number of hydrogen-bond donors (Lipinski definition) is 2. The summed E-state index contributed by atoms with van der Waals surface area (Å²) >= 11 is 11.9. The zero-order valence-corrected chi connectivity index (χ0v) is 17.0. The molecule has 0 aliphatic carbocycles. The van der Waals surface area contributed by atoms with Crippen molar-refractivity contribution in [2.75, 3.05) is 25.0 Å². The molecule has 1 aliphatic rings. The van der Waals surface area contributed by atoms with Crippen LogP contribution in [0.1, 0.15) is 27.6 Å². The van der Waals surface area contributed by atoms with Crippen LogP contribution in [0.3, 0.4) is 0 Å². The number of amides is 2. The van der Waals surface area contributed by atoms with Gasteiger partial charge in [-0.3, -0.25) is 9.59 Å². The minimum atomic E-state index is -0.316. The fourth-order valence-corrected chi connectivity index (χ4v) is 3.42. The van der Waals surface area contributed by atoms with Crippen molar-refractivity contribution in [2.45, 2.75) is 13.0 Å². The first-order chi connectivity index (χ1) is 12.4. The highest BCUT2D eigenvalue weighted by Gasteiger charge is 2.23. The normalized spacial score (nSPS) is 16.4. The van der Waals surface area contributed by atoms with Gasteiger partial charge in [-0.2, -0.15) is 0 Å². The second-order valence-corrected chi connectivity index (χ2v) is 7.11. The van der Waals surface area contributed by atoms with Crippen molar-refractivity contribution < 1.29 is 9.59 Å². The van der Waals surface area contributed by atoms with E-state index in [9.17, 15) is 9.59 Å². The average molecular weight is 429 g/mol. The third-order valence-electron chi connectivity index (χ3n) is 4.28. The smallest absolute Gasteiger partial charge is 0.255 e. The molecular formula is C19H20Cl3N3O2. The van der Waals surface area contributed by atoms with Gasteiger partial charge in [0.2, 0.25) is 0 Å². The molecule has 2 aromatic rings. The van der Waals surface area contributed by atoms with E-state index in [-0.39, 0.29) is 30.3 Å². The Morgan fingerprint density at radius 3 is 2.30 bits per heavy atom. The fraction of sp³-hybridized carbons (Fsp3) is 0.263. The molecule has 1 fully saturated rings. The Labute approximate surface area is 174 Å². The lowest BCUT2D eigenvalue weighted by atomic mass is 10.1. The SMILES string of the molecule is CC1CNCCN1C(=O)c1ccc(NC(=O)c2cc(Cl)cc(Cl)c2)cc1.Cl. The second kappa shape index (κ2) is 9.42. The molecule has 0 aromatic heterocycles. The van der Waals surface area contributed by atoms with Crippen LogP contribution in [0.2, 0.25) is 10.0 Å². The molecule has 1 aliphatic heterocycles. The van der Waals surface area contributed by atoms with E-state index in [4.69, 9.17) is 23.2 Å². The van der Waals surface area contributed by atoms with Crippen LogP contribution in [0.15, 0.2) is 42.5 Å². The minimum absolute atomic E-state index is 0. The van der Waals surface area contributed by atoms with E-state index < -0.39 is 0 Å². The van der Waals surface area contributed by atoms with Gasteiger partial charge in [-0.15, -0.1) is 12.4 Å². The van der Waals surface area contributed by atoms with E-state index in [0.717, 1.165) is 13.1 Å². The van der Waals surface area contributed by atoms with Gasteiger partial charge in [0.25, 0.3) is 11.8 Å². The number of nitrogens with one attached hydrogen (secondary N) is 2. The Balaban J connectivity index is 0.00000261. The molecule has 1 heterocycles. The average Bonchev–Trinajstić information content (AvgIpc) is 2.61. The third kappa shape index (κ3) is 5.36. The highest BCUT2D eigenvalue weighted by molar-refractivity contribution is 6.35. The summed E-state index contributed by atoms with van der Waals surface area (Å²) in [5.74, 6) is -0.317. The van der Waals surface area contributed by atoms with Crippen LogP contribution < -0.4 is 10.6 Å². The molecule has 27 heavy (non-hydrogen) atoms. The molecule has 0 radical (unpaired) electrons. The number of rotatable bonds is 3. The quantitative estimate of drug-likeness (QED) is 0.773. The zero-order valence-electron chi connectivity index (χ0n) is 14.7. The molecule has 0 bridgehead atoms. The Kier molecular flexibility index (Phi) is 7.50. The highest BCUT2D eigenvalue weighted by Crippen LogP contribution is 2.20. The van der Waals surface area contributed by atoms with Crippen molar-refractivity contribution in [3.05, 3.63) is 63.6 Å². The number of anilines is 1. The summed E-state index contributed by atoms with van der Waals surface area (Å²) in [4.78, 5) is 26.8. The first kappa shape index (κ1) is 21.5. The number of hydrogen-bond acceptors (Lipinski definition) is 3. The number of benzene rings is 2. The predicted octanol–water partition coefficient (Wildman–Crippen LogP) is 4.10. The molecule has 2 amide bonds. The van der Waals surface area contributed by atoms with Gasteiger partial charge in [-0.05, 0) is 49.4 Å². The van der Waals surface area contributed by atoms with Crippen LogP contribution in [-0.4, -0.2) is 42.4 Å². The number of carbonyl (C=O) groups excluding carboxylic acids is 2. The summed E-state index contributed by atoms with van der Waals surface area (Å²) in [5.41, 5.74) is 1.57. The summed E-state index contributed by atoms with van der Waals surface area (Å²) in [6.07, 6.45) is 0. The molecule has 2 N–H and O–H groups in total. The van der Waals surface area contributed by atoms with E-state index in [1.807, 2.05) is 11.8 Å². The topological polar surface area (TPSA) is 61.4 Å². The van der Waals surface area contributed by atoms with Crippen molar-refractivity contribution >= 4 is 53.1 Å². The van der Waals surface area contributed by atoms with Crippen molar-refractivity contribution in [3.63, 3.8) is 0 Å². The molecule has 1 unspecified atom stereocenters. The molecule has 8 heteroatoms. The molecule has 2 aromatic carbocycles. The maximum absolute atomic E-state index is 12.6. The Bertz CT molecular complexity index is 807. The number of nitrogens with zero attached hydrogens (tertiary/aromatic N) is 1. The van der Waals surface area contributed by atoms with E-state index >= 15 is 0 Å². The summed E-state index contributed by atoms with van der Waals surface area (Å²) in [6, 6.07) is 11.7. The number of carbonyl (C=O) groups is 2. The van der Waals surface area contributed by atoms with E-state index in [1.54, 1.807) is 42.5 Å². The summed E-state index contributed by atoms with van der Waals surface area (Å²) < 4.78 is 0. The van der Waals surface area contributed by atoms with Crippen LogP contribution in [0.5, 0.6) is 0 Å². The molecule has 5 nitrogen and oxygen atoms in total. The van der Waals surface area contributed by atoms with Crippen LogP contribution in [-0.2, 0) is 0 Å². The molecule has 144 valence electrons. The second-order valence-electron chi connectivity index (χ2n) is 6.24. The van der Waals surface area contributed by atoms with E-state index in [2.05, 4.69) is 10.6 Å². The van der Waals surface area contributed by atoms with Gasteiger partial charge in [0.1, 0.15) is 0 Å². The van der Waals surface area contributed by atoms with Crippen molar-refractivity contribution in [2.24, 2.45) is 0 Å². The largest absolute Gasteiger partial charge is 0.333 e. The van der Waals surface area contributed by atoms with E-state index in [0.29, 0.717) is 33.4 Å². The van der Waals surface area contributed by atoms with Crippen molar-refractivity contribution in [3.8, 4) is 0 Å². The number of piperazine rings is 1. The Morgan fingerprint density at radius 2 is 1.70 bits per heavy atom. The first-order valence-corrected chi connectivity index (χ1v) is 9.09. The summed E-state index contributed by atoms with van der Waals surface area (Å²) in [6.45, 7) is 4.30. The standard InChI is InChI=1S/C19H19Cl2N3O2.ClH/c1-12-11-22-6-7-24(12)19(26)13-2-4-17(5-3-13)23-18(25)14-8-15(20)10-16(21)9-14;/h2-5,8-10,12,22H,6-7,11H2,1H3,(H,23,25);1H. The molecule has 0 saturated carbocycles. The molecule has 1 saturated heterocycles. The van der Waals surface area contributed by atoms with Gasteiger partial charge >= 0.3 is 0 Å². The van der Waals surface area contributed by atoms with Gasteiger partial charge in [-0.1, -0.05) is 23.2 Å². The van der Waals surface area contributed by atoms with E-state index in [1.165, 1.54) is 0 Å². The van der Waals surface area contributed by atoms with Crippen LogP contribution in [0, 0.1) is 0 Å². The van der Waals surface area contributed by atoms with Crippen LogP contribution in [0.4, 0.5) is 5.69 Å². The third-order valence-corrected chi connectivity index (χ3v) is 4.71. The lowest BCUT2D eigenvalue weighted by Crippen LogP contribution is -2.52. The number of halogens is 3. The molecular weight excluding hydrogens is 409 g/mol. The molecule has 3 rings (SSSR count). The van der Waals surface area contributed by atoms with Gasteiger partial charge in [0.05, 0.1) is 0 Å². The van der Waals surface area contributed by atoms with Crippen LogP contribution in [0.25, 0.3) is 0 Å². The monoisotopic (exact) mass is 427 g/mol. The van der Waals surface area contributed by atoms with Gasteiger partial charge in [-0.25, -0.2) is 0 Å².